The molecule has 2 aliphatic rings. The maximum Gasteiger partial charge on any atom is 0.228 e. The van der Waals surface area contributed by atoms with E-state index in [0.29, 0.717) is 25.4 Å². The van der Waals surface area contributed by atoms with Gasteiger partial charge in [-0.05, 0) is 49.4 Å². The van der Waals surface area contributed by atoms with Gasteiger partial charge >= 0.3 is 0 Å². The molecule has 3 rings (SSSR count). The Hall–Kier alpha value is -1.59. The van der Waals surface area contributed by atoms with Crippen LogP contribution in [0.4, 0.5) is 5.69 Å². The molecule has 2 N–H and O–H groups in total. The first-order chi connectivity index (χ1) is 12.1. The molecule has 2 amide bonds. The zero-order valence-corrected chi connectivity index (χ0v) is 16.3. The molecular weight excluding hydrogens is 350 g/mol. The van der Waals surface area contributed by atoms with E-state index in [4.69, 9.17) is 5.73 Å². The average molecular weight is 380 g/mol. The van der Waals surface area contributed by atoms with E-state index in [0.717, 1.165) is 31.6 Å². The Balaban J connectivity index is 0.00000243. The quantitative estimate of drug-likeness (QED) is 0.826. The van der Waals surface area contributed by atoms with Crippen molar-refractivity contribution in [2.75, 3.05) is 31.1 Å². The normalized spacial score (nSPS) is 22.6. The van der Waals surface area contributed by atoms with Crippen molar-refractivity contribution in [2.45, 2.75) is 39.0 Å². The maximum atomic E-state index is 12.7. The van der Waals surface area contributed by atoms with Gasteiger partial charge in [-0.1, -0.05) is 25.5 Å². The Labute approximate surface area is 162 Å². The second-order valence-electron chi connectivity index (χ2n) is 7.35. The van der Waals surface area contributed by atoms with Gasteiger partial charge in [0.05, 0.1) is 5.92 Å². The van der Waals surface area contributed by atoms with Gasteiger partial charge in [0.15, 0.2) is 0 Å². The Bertz CT molecular complexity index is 620. The van der Waals surface area contributed by atoms with E-state index in [9.17, 15) is 9.59 Å². The first-order valence-electron chi connectivity index (χ1n) is 9.50. The molecule has 2 unspecified atom stereocenters. The molecule has 0 aliphatic carbocycles. The summed E-state index contributed by atoms with van der Waals surface area (Å²) in [6.45, 7) is 4.83. The molecule has 2 heterocycles. The highest BCUT2D eigenvalue weighted by atomic mass is 35.5. The Morgan fingerprint density at radius 3 is 2.58 bits per heavy atom. The van der Waals surface area contributed by atoms with Crippen LogP contribution in [0.3, 0.4) is 0 Å². The number of carbonyl (C=O) groups excluding carboxylic acids is 2. The first-order valence-corrected chi connectivity index (χ1v) is 9.50. The molecule has 2 aliphatic heterocycles. The molecule has 2 saturated heterocycles. The number of aryl methyl sites for hydroxylation is 1. The van der Waals surface area contributed by atoms with Crippen LogP contribution in [-0.4, -0.2) is 42.9 Å². The zero-order valence-electron chi connectivity index (χ0n) is 15.5. The second-order valence-corrected chi connectivity index (χ2v) is 7.35. The Kier molecular flexibility index (Phi) is 7.47. The molecule has 26 heavy (non-hydrogen) atoms. The van der Waals surface area contributed by atoms with Gasteiger partial charge in [-0.25, -0.2) is 0 Å². The van der Waals surface area contributed by atoms with E-state index in [1.165, 1.54) is 18.4 Å². The Morgan fingerprint density at radius 2 is 1.96 bits per heavy atom. The van der Waals surface area contributed by atoms with Crippen molar-refractivity contribution >= 4 is 29.9 Å². The van der Waals surface area contributed by atoms with E-state index < -0.39 is 0 Å². The van der Waals surface area contributed by atoms with Crippen LogP contribution < -0.4 is 10.6 Å². The minimum Gasteiger partial charge on any atom is -0.342 e. The minimum atomic E-state index is -0.219. The summed E-state index contributed by atoms with van der Waals surface area (Å²) in [5.41, 5.74) is 7.92. The van der Waals surface area contributed by atoms with E-state index in [1.54, 1.807) is 4.90 Å². The third-order valence-electron chi connectivity index (χ3n) is 5.47. The van der Waals surface area contributed by atoms with Gasteiger partial charge in [-0.2, -0.15) is 0 Å². The predicted octanol–water partition coefficient (Wildman–Crippen LogP) is 2.61. The second kappa shape index (κ2) is 9.38. The fourth-order valence-electron chi connectivity index (χ4n) is 3.83. The molecule has 2 atom stereocenters. The average Bonchev–Trinajstić information content (AvgIpc) is 3.26. The molecule has 5 nitrogen and oxygen atoms in total. The molecular formula is C20H30ClN3O2. The highest BCUT2D eigenvalue weighted by molar-refractivity contribution is 6.00. The lowest BCUT2D eigenvalue weighted by atomic mass is 10.1. The molecule has 1 aromatic rings. The molecule has 6 heteroatoms. The van der Waals surface area contributed by atoms with Crippen LogP contribution in [0.15, 0.2) is 24.3 Å². The number of unbranched alkanes of at least 4 members (excludes halogenated alkanes) is 1. The van der Waals surface area contributed by atoms with E-state index >= 15 is 0 Å². The maximum absolute atomic E-state index is 12.7. The van der Waals surface area contributed by atoms with Gasteiger partial charge in [0.1, 0.15) is 0 Å². The summed E-state index contributed by atoms with van der Waals surface area (Å²) in [7, 11) is 0. The summed E-state index contributed by atoms with van der Waals surface area (Å²) < 4.78 is 0. The number of hydrogen-bond donors (Lipinski definition) is 1. The van der Waals surface area contributed by atoms with Crippen molar-refractivity contribution in [3.63, 3.8) is 0 Å². The van der Waals surface area contributed by atoms with Crippen LogP contribution in [0.25, 0.3) is 0 Å². The van der Waals surface area contributed by atoms with Crippen LogP contribution in [0.1, 0.15) is 38.2 Å². The third kappa shape index (κ3) is 4.57. The smallest absolute Gasteiger partial charge is 0.228 e. The summed E-state index contributed by atoms with van der Waals surface area (Å²) in [6.07, 6.45) is 4.73. The summed E-state index contributed by atoms with van der Waals surface area (Å²) in [5.74, 6) is 0.359. The number of halogens is 1. The van der Waals surface area contributed by atoms with Crippen molar-refractivity contribution in [3.8, 4) is 0 Å². The van der Waals surface area contributed by atoms with Gasteiger partial charge in [0, 0.05) is 31.7 Å². The fraction of sp³-hybridized carbons (Fsp3) is 0.600. The number of benzene rings is 1. The van der Waals surface area contributed by atoms with Crippen LogP contribution in [0.2, 0.25) is 0 Å². The SMILES string of the molecule is CCCCc1ccc(N2CC(C(=O)N3CCC(CN)C3)CC2=O)cc1.Cl. The highest BCUT2D eigenvalue weighted by Gasteiger charge is 2.38. The van der Waals surface area contributed by atoms with Gasteiger partial charge in [-0.15, -0.1) is 12.4 Å². The van der Waals surface area contributed by atoms with Gasteiger partial charge in [0.25, 0.3) is 0 Å². The lowest BCUT2D eigenvalue weighted by molar-refractivity contribution is -0.134. The molecule has 0 saturated carbocycles. The number of nitrogens with two attached hydrogens (primary N) is 1. The van der Waals surface area contributed by atoms with Crippen molar-refractivity contribution in [2.24, 2.45) is 17.6 Å². The molecule has 0 bridgehead atoms. The molecule has 0 radical (unpaired) electrons. The molecule has 0 aromatic heterocycles. The highest BCUT2D eigenvalue weighted by Crippen LogP contribution is 2.28. The van der Waals surface area contributed by atoms with Crippen molar-refractivity contribution in [3.05, 3.63) is 29.8 Å². The summed E-state index contributed by atoms with van der Waals surface area (Å²) >= 11 is 0. The van der Waals surface area contributed by atoms with Crippen molar-refractivity contribution < 1.29 is 9.59 Å². The molecule has 144 valence electrons. The lowest BCUT2D eigenvalue weighted by Crippen LogP contribution is -2.36. The van der Waals surface area contributed by atoms with E-state index in [-0.39, 0.29) is 30.1 Å². The molecule has 1 aromatic carbocycles. The monoisotopic (exact) mass is 379 g/mol. The fourth-order valence-corrected chi connectivity index (χ4v) is 3.83. The van der Waals surface area contributed by atoms with Crippen LogP contribution >= 0.6 is 12.4 Å². The number of amides is 2. The number of likely N-dealkylation sites (tertiary alicyclic amines) is 1. The first kappa shape index (κ1) is 20.7. The van der Waals surface area contributed by atoms with Gasteiger partial charge in [-0.3, -0.25) is 9.59 Å². The third-order valence-corrected chi connectivity index (χ3v) is 5.47. The topological polar surface area (TPSA) is 66.6 Å². The van der Waals surface area contributed by atoms with E-state index in [1.807, 2.05) is 17.0 Å². The predicted molar refractivity (Wildman–Crippen MR) is 107 cm³/mol. The number of anilines is 1. The van der Waals surface area contributed by atoms with E-state index in [2.05, 4.69) is 19.1 Å². The number of carbonyl (C=O) groups is 2. The number of nitrogens with zero attached hydrogens (tertiary/aromatic N) is 2. The van der Waals surface area contributed by atoms with Crippen molar-refractivity contribution in [1.82, 2.24) is 4.90 Å². The van der Waals surface area contributed by atoms with Crippen LogP contribution in [0, 0.1) is 11.8 Å². The van der Waals surface area contributed by atoms with Gasteiger partial charge < -0.3 is 15.5 Å². The molecule has 2 fully saturated rings. The summed E-state index contributed by atoms with van der Waals surface area (Å²) in [6, 6.07) is 8.21. The van der Waals surface area contributed by atoms with Crippen LogP contribution in [-0.2, 0) is 16.0 Å². The largest absolute Gasteiger partial charge is 0.342 e. The zero-order chi connectivity index (χ0) is 17.8. The lowest BCUT2D eigenvalue weighted by Gasteiger charge is -2.21. The Morgan fingerprint density at radius 1 is 1.23 bits per heavy atom. The molecule has 0 spiro atoms. The summed E-state index contributed by atoms with van der Waals surface area (Å²) in [5, 5.41) is 0. The van der Waals surface area contributed by atoms with Gasteiger partial charge in [0.2, 0.25) is 11.8 Å². The number of rotatable bonds is 6. The minimum absolute atomic E-state index is 0. The van der Waals surface area contributed by atoms with Crippen molar-refractivity contribution in [1.29, 1.82) is 0 Å². The van der Waals surface area contributed by atoms with Crippen LogP contribution in [0.5, 0.6) is 0 Å². The standard InChI is InChI=1S/C20H29N3O2.ClH/c1-2-3-4-15-5-7-18(8-6-15)23-14-17(11-19(23)24)20(25)22-10-9-16(12-21)13-22;/h5-8,16-17H,2-4,9-14,21H2,1H3;1H. The number of hydrogen-bond acceptors (Lipinski definition) is 3. The summed E-state index contributed by atoms with van der Waals surface area (Å²) in [4.78, 5) is 28.8.